The fourth-order valence-corrected chi connectivity index (χ4v) is 2.99. The third-order valence-corrected chi connectivity index (χ3v) is 4.29. The van der Waals surface area contributed by atoms with Crippen LogP contribution in [-0.2, 0) is 0 Å². The molecule has 0 spiro atoms. The minimum Gasteiger partial charge on any atom is -0.493 e. The van der Waals surface area contributed by atoms with Crippen molar-refractivity contribution in [2.24, 2.45) is 0 Å². The van der Waals surface area contributed by atoms with Crippen LogP contribution in [0.15, 0.2) is 42.5 Å². The van der Waals surface area contributed by atoms with Crippen LogP contribution >= 0.6 is 0 Å². The normalized spacial score (nSPS) is 11.1. The Hall–Kier alpha value is -3.21. The second-order valence-electron chi connectivity index (χ2n) is 5.82. The summed E-state index contributed by atoms with van der Waals surface area (Å²) in [7, 11) is 4.58. The van der Waals surface area contributed by atoms with Crippen LogP contribution in [0, 0.1) is 6.92 Å². The van der Waals surface area contributed by atoms with Crippen LogP contribution in [0.3, 0.4) is 0 Å². The molecule has 0 radical (unpaired) electrons. The Morgan fingerprint density at radius 3 is 2.27 bits per heavy atom. The lowest BCUT2D eigenvalue weighted by atomic mass is 10.1. The monoisotopic (exact) mass is 351 g/mol. The van der Waals surface area contributed by atoms with Crippen molar-refractivity contribution in [1.82, 2.24) is 4.98 Å². The zero-order valence-electron chi connectivity index (χ0n) is 15.3. The van der Waals surface area contributed by atoms with E-state index >= 15 is 0 Å². The van der Waals surface area contributed by atoms with E-state index in [1.54, 1.807) is 18.2 Å². The Balaban J connectivity index is 1.97. The highest BCUT2D eigenvalue weighted by molar-refractivity contribution is 6.08. The molecule has 0 bridgehead atoms. The first-order valence-electron chi connectivity index (χ1n) is 8.18. The van der Waals surface area contributed by atoms with E-state index in [1.807, 2.05) is 37.3 Å². The van der Waals surface area contributed by atoms with Gasteiger partial charge in [0.25, 0.3) is 0 Å². The summed E-state index contributed by atoms with van der Waals surface area (Å²) in [6.45, 7) is 1.99. The van der Waals surface area contributed by atoms with Gasteiger partial charge in [0, 0.05) is 27.7 Å². The number of aromatic amines is 1. The molecule has 5 nitrogen and oxygen atoms in total. The van der Waals surface area contributed by atoms with Gasteiger partial charge in [-0.3, -0.25) is 4.79 Å². The van der Waals surface area contributed by atoms with E-state index in [1.165, 1.54) is 21.3 Å². The lowest BCUT2D eigenvalue weighted by Gasteiger charge is -2.13. The van der Waals surface area contributed by atoms with Gasteiger partial charge in [0.2, 0.25) is 5.75 Å². The molecule has 0 saturated carbocycles. The number of carbonyl (C=O) groups is 1. The van der Waals surface area contributed by atoms with Gasteiger partial charge in [-0.25, -0.2) is 0 Å². The second-order valence-corrected chi connectivity index (χ2v) is 5.82. The van der Waals surface area contributed by atoms with Crippen molar-refractivity contribution in [2.45, 2.75) is 6.92 Å². The van der Waals surface area contributed by atoms with Crippen LogP contribution in [-0.4, -0.2) is 32.1 Å². The number of ketones is 1. The SMILES string of the molecule is COc1cc(C(=O)/C=C/c2c(C)[nH]c3ccccc23)cc(OC)c1OC. The summed E-state index contributed by atoms with van der Waals surface area (Å²) in [5, 5.41) is 1.08. The number of hydrogen-bond donors (Lipinski definition) is 1. The second kappa shape index (κ2) is 7.35. The number of ether oxygens (including phenoxy) is 3. The topological polar surface area (TPSA) is 60.6 Å². The van der Waals surface area contributed by atoms with Gasteiger partial charge in [-0.05, 0) is 37.3 Å². The average molecular weight is 351 g/mol. The molecule has 0 aliphatic heterocycles. The number of allylic oxidation sites excluding steroid dienone is 1. The number of methoxy groups -OCH3 is 3. The number of rotatable bonds is 6. The molecule has 2 aromatic carbocycles. The van der Waals surface area contributed by atoms with Crippen molar-refractivity contribution in [3.63, 3.8) is 0 Å². The van der Waals surface area contributed by atoms with Crippen LogP contribution < -0.4 is 14.2 Å². The van der Waals surface area contributed by atoms with Crippen molar-refractivity contribution in [1.29, 1.82) is 0 Å². The minimum atomic E-state index is -0.145. The fourth-order valence-electron chi connectivity index (χ4n) is 2.99. The molecule has 0 aliphatic carbocycles. The smallest absolute Gasteiger partial charge is 0.203 e. The van der Waals surface area contributed by atoms with Crippen molar-refractivity contribution < 1.29 is 19.0 Å². The molecule has 0 fully saturated rings. The maximum atomic E-state index is 12.7. The number of para-hydroxylation sites is 1. The molecule has 0 aliphatic rings. The van der Waals surface area contributed by atoms with Gasteiger partial charge in [0.15, 0.2) is 17.3 Å². The van der Waals surface area contributed by atoms with Crippen molar-refractivity contribution >= 4 is 22.8 Å². The van der Waals surface area contributed by atoms with Crippen molar-refractivity contribution in [3.05, 3.63) is 59.3 Å². The Morgan fingerprint density at radius 2 is 1.65 bits per heavy atom. The Labute approximate surface area is 152 Å². The Bertz CT molecular complexity index is 960. The summed E-state index contributed by atoms with van der Waals surface area (Å²) in [6.07, 6.45) is 3.39. The number of fused-ring (bicyclic) bond motifs is 1. The quantitative estimate of drug-likeness (QED) is 0.528. The number of carbonyl (C=O) groups excluding carboxylic acids is 1. The number of H-pyrrole nitrogens is 1. The standard InChI is InChI=1S/C21H21NO4/c1-13-15(16-7-5-6-8-17(16)22-13)9-10-18(23)14-11-19(24-2)21(26-4)20(12-14)25-3/h5-12,22H,1-4H3/b10-9+. The van der Waals surface area contributed by atoms with Gasteiger partial charge < -0.3 is 19.2 Å². The zero-order valence-corrected chi connectivity index (χ0v) is 15.3. The Morgan fingerprint density at radius 1 is 1.00 bits per heavy atom. The maximum Gasteiger partial charge on any atom is 0.203 e. The highest BCUT2D eigenvalue weighted by Crippen LogP contribution is 2.38. The predicted octanol–water partition coefficient (Wildman–Crippen LogP) is 4.40. The minimum absolute atomic E-state index is 0.145. The summed E-state index contributed by atoms with van der Waals surface area (Å²) in [4.78, 5) is 16.0. The fraction of sp³-hybridized carbons (Fsp3) is 0.190. The molecule has 26 heavy (non-hydrogen) atoms. The summed E-state index contributed by atoms with van der Waals surface area (Å²) < 4.78 is 15.9. The van der Waals surface area contributed by atoms with Crippen LogP contribution in [0.4, 0.5) is 0 Å². The number of aromatic nitrogens is 1. The molecule has 0 amide bonds. The average Bonchev–Trinajstić information content (AvgIpc) is 2.99. The van der Waals surface area contributed by atoms with Gasteiger partial charge in [-0.2, -0.15) is 0 Å². The van der Waals surface area contributed by atoms with E-state index in [0.717, 1.165) is 22.2 Å². The molecule has 0 atom stereocenters. The highest BCUT2D eigenvalue weighted by Gasteiger charge is 2.16. The van der Waals surface area contributed by atoms with E-state index in [-0.39, 0.29) is 5.78 Å². The molecule has 1 N–H and O–H groups in total. The molecule has 0 unspecified atom stereocenters. The molecule has 1 aromatic heterocycles. The molecule has 5 heteroatoms. The summed E-state index contributed by atoms with van der Waals surface area (Å²) in [5.41, 5.74) is 3.53. The number of nitrogens with one attached hydrogen (secondary N) is 1. The van der Waals surface area contributed by atoms with E-state index in [0.29, 0.717) is 22.8 Å². The lowest BCUT2D eigenvalue weighted by molar-refractivity contribution is 0.104. The Kier molecular flexibility index (Phi) is 4.98. The van der Waals surface area contributed by atoms with Crippen molar-refractivity contribution in [3.8, 4) is 17.2 Å². The molecule has 134 valence electrons. The predicted molar refractivity (Wildman–Crippen MR) is 102 cm³/mol. The summed E-state index contributed by atoms with van der Waals surface area (Å²) in [6, 6.07) is 11.3. The first kappa shape index (κ1) is 17.6. The number of aryl methyl sites for hydroxylation is 1. The van der Waals surface area contributed by atoms with Gasteiger partial charge in [-0.1, -0.05) is 18.2 Å². The van der Waals surface area contributed by atoms with E-state index in [2.05, 4.69) is 4.98 Å². The van der Waals surface area contributed by atoms with Crippen LogP contribution in [0.2, 0.25) is 0 Å². The van der Waals surface area contributed by atoms with Crippen LogP contribution in [0.5, 0.6) is 17.2 Å². The maximum absolute atomic E-state index is 12.7. The van der Waals surface area contributed by atoms with Crippen molar-refractivity contribution in [2.75, 3.05) is 21.3 Å². The third kappa shape index (κ3) is 3.16. The molecule has 1 heterocycles. The number of benzene rings is 2. The largest absolute Gasteiger partial charge is 0.493 e. The lowest BCUT2D eigenvalue weighted by Crippen LogP contribution is -2.00. The summed E-state index contributed by atoms with van der Waals surface area (Å²) in [5.74, 6) is 1.22. The third-order valence-electron chi connectivity index (χ3n) is 4.29. The molecular formula is C21H21NO4. The zero-order chi connectivity index (χ0) is 18.7. The number of hydrogen-bond acceptors (Lipinski definition) is 4. The highest BCUT2D eigenvalue weighted by atomic mass is 16.5. The molecular weight excluding hydrogens is 330 g/mol. The first-order chi connectivity index (χ1) is 12.6. The molecule has 3 rings (SSSR count). The van der Waals surface area contributed by atoms with Crippen LogP contribution in [0.25, 0.3) is 17.0 Å². The summed E-state index contributed by atoms with van der Waals surface area (Å²) >= 11 is 0. The van der Waals surface area contributed by atoms with Gasteiger partial charge in [0.05, 0.1) is 21.3 Å². The van der Waals surface area contributed by atoms with Gasteiger partial charge >= 0.3 is 0 Å². The molecule has 3 aromatic rings. The van der Waals surface area contributed by atoms with Gasteiger partial charge in [-0.15, -0.1) is 0 Å². The van der Waals surface area contributed by atoms with E-state index in [4.69, 9.17) is 14.2 Å². The first-order valence-corrected chi connectivity index (χ1v) is 8.18. The van der Waals surface area contributed by atoms with E-state index < -0.39 is 0 Å². The van der Waals surface area contributed by atoms with Crippen LogP contribution in [0.1, 0.15) is 21.6 Å². The van der Waals surface area contributed by atoms with E-state index in [9.17, 15) is 4.79 Å². The van der Waals surface area contributed by atoms with Gasteiger partial charge in [0.1, 0.15) is 0 Å². The molecule has 0 saturated heterocycles.